The number of amides is 1. The third-order valence-corrected chi connectivity index (χ3v) is 4.33. The van der Waals surface area contributed by atoms with E-state index < -0.39 is 0 Å². The number of rotatable bonds is 3. The summed E-state index contributed by atoms with van der Waals surface area (Å²) in [6.07, 6.45) is 8.33. The van der Waals surface area contributed by atoms with E-state index >= 15 is 0 Å². The molecule has 0 aromatic carbocycles. The number of nitrogens with one attached hydrogen (secondary N) is 1. The van der Waals surface area contributed by atoms with Gasteiger partial charge in [0.25, 0.3) is 0 Å². The Morgan fingerprint density at radius 1 is 1.47 bits per heavy atom. The topological polar surface area (TPSA) is 64.3 Å². The fraction of sp³-hybridized carbons (Fsp3) is 0.769. The van der Waals surface area contributed by atoms with E-state index in [0.717, 1.165) is 25.9 Å². The van der Waals surface area contributed by atoms with Crippen molar-refractivity contribution in [1.82, 2.24) is 5.32 Å². The lowest BCUT2D eigenvalue weighted by Gasteiger charge is -2.45. The molecule has 0 aromatic rings. The molecular weight excluding hydrogens is 216 g/mol. The van der Waals surface area contributed by atoms with Gasteiger partial charge in [0.2, 0.25) is 5.91 Å². The molecule has 1 saturated carbocycles. The second kappa shape index (κ2) is 4.42. The zero-order chi connectivity index (χ0) is 11.8. The van der Waals surface area contributed by atoms with E-state index in [1.165, 1.54) is 0 Å². The number of carbonyl (C=O) groups is 1. The number of nitrogens with two attached hydrogens (primary N) is 1. The van der Waals surface area contributed by atoms with Crippen molar-refractivity contribution in [3.8, 4) is 0 Å². The van der Waals surface area contributed by atoms with Crippen molar-refractivity contribution in [3.63, 3.8) is 0 Å². The van der Waals surface area contributed by atoms with Crippen molar-refractivity contribution < 1.29 is 9.53 Å². The predicted octanol–water partition coefficient (Wildman–Crippen LogP) is 0.573. The van der Waals surface area contributed by atoms with Crippen LogP contribution < -0.4 is 11.1 Å². The molecule has 17 heavy (non-hydrogen) atoms. The van der Waals surface area contributed by atoms with Crippen LogP contribution in [0.2, 0.25) is 0 Å². The first kappa shape index (κ1) is 11.2. The smallest absolute Gasteiger partial charge is 0.220 e. The molecule has 0 radical (unpaired) electrons. The lowest BCUT2D eigenvalue weighted by Crippen LogP contribution is -2.69. The van der Waals surface area contributed by atoms with Gasteiger partial charge < -0.3 is 15.8 Å². The fourth-order valence-electron chi connectivity index (χ4n) is 3.28. The summed E-state index contributed by atoms with van der Waals surface area (Å²) in [5, 5.41) is 3.04. The molecule has 5 atom stereocenters. The van der Waals surface area contributed by atoms with Crippen molar-refractivity contribution in [1.29, 1.82) is 0 Å². The Bertz CT molecular complexity index is 342. The van der Waals surface area contributed by atoms with Gasteiger partial charge in [-0.25, -0.2) is 0 Å². The summed E-state index contributed by atoms with van der Waals surface area (Å²) in [5.41, 5.74) is 6.06. The van der Waals surface area contributed by atoms with Crippen molar-refractivity contribution in [2.75, 3.05) is 6.61 Å². The quantitative estimate of drug-likeness (QED) is 0.704. The summed E-state index contributed by atoms with van der Waals surface area (Å²) >= 11 is 0. The van der Waals surface area contributed by atoms with Gasteiger partial charge in [-0.1, -0.05) is 12.2 Å². The number of fused-ring (bicyclic) bond motifs is 1. The van der Waals surface area contributed by atoms with E-state index in [9.17, 15) is 4.79 Å². The minimum absolute atomic E-state index is 0.0420. The van der Waals surface area contributed by atoms with E-state index in [1.807, 2.05) is 0 Å². The highest BCUT2D eigenvalue weighted by molar-refractivity contribution is 5.77. The van der Waals surface area contributed by atoms with Gasteiger partial charge in [-0.15, -0.1) is 0 Å². The zero-order valence-electron chi connectivity index (χ0n) is 9.97. The molecule has 1 heterocycles. The first-order valence-electron chi connectivity index (χ1n) is 6.59. The molecule has 2 aliphatic carbocycles. The van der Waals surface area contributed by atoms with Crippen LogP contribution in [0, 0.1) is 11.8 Å². The predicted molar refractivity (Wildman–Crippen MR) is 64.2 cm³/mol. The van der Waals surface area contributed by atoms with E-state index in [1.54, 1.807) is 0 Å². The van der Waals surface area contributed by atoms with Crippen LogP contribution >= 0.6 is 0 Å². The molecule has 5 unspecified atom stereocenters. The summed E-state index contributed by atoms with van der Waals surface area (Å²) in [5.74, 6) is 1.01. The Balaban J connectivity index is 1.49. The molecule has 1 saturated heterocycles. The summed E-state index contributed by atoms with van der Waals surface area (Å²) in [6.45, 7) is 0.792. The molecule has 3 N–H and O–H groups in total. The molecule has 0 spiro atoms. The van der Waals surface area contributed by atoms with E-state index in [4.69, 9.17) is 10.5 Å². The molecule has 4 heteroatoms. The third kappa shape index (κ3) is 2.00. The van der Waals surface area contributed by atoms with Gasteiger partial charge >= 0.3 is 0 Å². The van der Waals surface area contributed by atoms with E-state index in [0.29, 0.717) is 18.3 Å². The largest absolute Gasteiger partial charge is 0.376 e. The lowest BCUT2D eigenvalue weighted by atomic mass is 9.72. The molecule has 3 rings (SSSR count). The maximum atomic E-state index is 11.9. The second-order valence-electron chi connectivity index (χ2n) is 5.43. The molecule has 2 fully saturated rings. The van der Waals surface area contributed by atoms with Gasteiger partial charge in [0.15, 0.2) is 0 Å². The van der Waals surface area contributed by atoms with Gasteiger partial charge in [0.1, 0.15) is 0 Å². The number of hydrogen-bond donors (Lipinski definition) is 2. The highest BCUT2D eigenvalue weighted by atomic mass is 16.5. The van der Waals surface area contributed by atoms with Gasteiger partial charge in [-0.05, 0) is 25.2 Å². The van der Waals surface area contributed by atoms with Crippen molar-refractivity contribution in [2.45, 2.75) is 43.9 Å². The molecule has 94 valence electrons. The summed E-state index contributed by atoms with van der Waals surface area (Å²) in [4.78, 5) is 11.9. The molecule has 0 aromatic heterocycles. The first-order chi connectivity index (χ1) is 8.25. The average molecular weight is 236 g/mol. The third-order valence-electron chi connectivity index (χ3n) is 4.33. The Kier molecular flexibility index (Phi) is 2.92. The van der Waals surface area contributed by atoms with Crippen LogP contribution in [-0.4, -0.2) is 30.7 Å². The van der Waals surface area contributed by atoms with Crippen LogP contribution in [0.25, 0.3) is 0 Å². The minimum atomic E-state index is 0.0420. The van der Waals surface area contributed by atoms with Gasteiger partial charge in [-0.3, -0.25) is 4.79 Å². The maximum Gasteiger partial charge on any atom is 0.220 e. The Morgan fingerprint density at radius 2 is 2.35 bits per heavy atom. The summed E-state index contributed by atoms with van der Waals surface area (Å²) < 4.78 is 5.60. The van der Waals surface area contributed by atoms with Crippen LogP contribution in [0.3, 0.4) is 0 Å². The van der Waals surface area contributed by atoms with Crippen molar-refractivity contribution in [2.24, 2.45) is 17.6 Å². The number of ether oxygens (including phenoxy) is 1. The van der Waals surface area contributed by atoms with E-state index in [2.05, 4.69) is 17.5 Å². The Morgan fingerprint density at radius 3 is 3.12 bits per heavy atom. The standard InChI is InChI=1S/C13H20N2O2/c14-11-9-5-6-17-13(9)12(11)15-10(16)7-8-3-1-2-4-8/h1,3,8-9,11-13H,2,4-7,14H2,(H,15,16). The maximum absolute atomic E-state index is 11.9. The van der Waals surface area contributed by atoms with Crippen molar-refractivity contribution in [3.05, 3.63) is 12.2 Å². The van der Waals surface area contributed by atoms with Gasteiger partial charge in [0.05, 0.1) is 12.1 Å². The van der Waals surface area contributed by atoms with Crippen LogP contribution in [-0.2, 0) is 9.53 Å². The zero-order valence-corrected chi connectivity index (χ0v) is 9.97. The van der Waals surface area contributed by atoms with Crippen LogP contribution in [0.1, 0.15) is 25.7 Å². The Labute approximate surface area is 102 Å². The Hall–Kier alpha value is -0.870. The molecule has 3 aliphatic rings. The molecule has 0 bridgehead atoms. The van der Waals surface area contributed by atoms with Gasteiger partial charge in [0, 0.05) is 25.0 Å². The van der Waals surface area contributed by atoms with E-state index in [-0.39, 0.29) is 24.1 Å². The first-order valence-corrected chi connectivity index (χ1v) is 6.59. The average Bonchev–Trinajstić information content (AvgIpc) is 2.94. The SMILES string of the molecule is NC1C2CCOC2C1NC(=O)CC1C=CCC1. The van der Waals surface area contributed by atoms with Crippen molar-refractivity contribution >= 4 is 5.91 Å². The van der Waals surface area contributed by atoms with Crippen LogP contribution in [0.5, 0.6) is 0 Å². The molecular formula is C13H20N2O2. The molecule has 1 amide bonds. The highest BCUT2D eigenvalue weighted by Crippen LogP contribution is 2.37. The molecule has 1 aliphatic heterocycles. The highest BCUT2D eigenvalue weighted by Gasteiger charge is 2.52. The number of hydrogen-bond acceptors (Lipinski definition) is 3. The summed E-state index contributed by atoms with van der Waals surface area (Å²) in [7, 11) is 0. The van der Waals surface area contributed by atoms with Crippen LogP contribution in [0.4, 0.5) is 0 Å². The number of allylic oxidation sites excluding steroid dienone is 2. The number of carbonyl (C=O) groups excluding carboxylic acids is 1. The molecule has 4 nitrogen and oxygen atoms in total. The second-order valence-corrected chi connectivity index (χ2v) is 5.43. The fourth-order valence-corrected chi connectivity index (χ4v) is 3.28. The van der Waals surface area contributed by atoms with Crippen LogP contribution in [0.15, 0.2) is 12.2 Å². The minimum Gasteiger partial charge on any atom is -0.376 e. The summed E-state index contributed by atoms with van der Waals surface area (Å²) in [6, 6.07) is 0.131. The lowest BCUT2D eigenvalue weighted by molar-refractivity contribution is -0.126. The normalized spacial score (nSPS) is 43.2. The monoisotopic (exact) mass is 236 g/mol. The van der Waals surface area contributed by atoms with Gasteiger partial charge in [-0.2, -0.15) is 0 Å².